The zero-order valence-corrected chi connectivity index (χ0v) is 9.69. The quantitative estimate of drug-likeness (QED) is 0.765. The third-order valence-electron chi connectivity index (χ3n) is 2.49. The van der Waals surface area contributed by atoms with Crippen LogP contribution in [0.25, 0.3) is 11.0 Å². The number of ether oxygens (including phenoxy) is 1. The fourth-order valence-electron chi connectivity index (χ4n) is 1.60. The summed E-state index contributed by atoms with van der Waals surface area (Å²) in [5.41, 5.74) is 2.37. The third kappa shape index (κ3) is 2.82. The van der Waals surface area contributed by atoms with Crippen LogP contribution in [0.15, 0.2) is 24.5 Å². The van der Waals surface area contributed by atoms with Crippen LogP contribution in [0.3, 0.4) is 0 Å². The highest BCUT2D eigenvalue weighted by Gasteiger charge is 2.06. The molecule has 0 aliphatic heterocycles. The first kappa shape index (κ1) is 11.6. The van der Waals surface area contributed by atoms with Crippen molar-refractivity contribution in [3.8, 4) is 0 Å². The Kier molecular flexibility index (Phi) is 3.72. The molecule has 0 radical (unpaired) electrons. The minimum absolute atomic E-state index is 0.0717. The van der Waals surface area contributed by atoms with Gasteiger partial charge in [0.25, 0.3) is 5.91 Å². The number of aromatic amines is 1. The van der Waals surface area contributed by atoms with Crippen molar-refractivity contribution in [2.24, 2.45) is 0 Å². The van der Waals surface area contributed by atoms with Crippen LogP contribution in [0.5, 0.6) is 0 Å². The van der Waals surface area contributed by atoms with Crippen LogP contribution in [0, 0.1) is 0 Å². The van der Waals surface area contributed by atoms with E-state index >= 15 is 0 Å². The van der Waals surface area contributed by atoms with E-state index in [0.717, 1.165) is 17.5 Å². The molecule has 1 heterocycles. The second kappa shape index (κ2) is 5.45. The maximum atomic E-state index is 11.8. The van der Waals surface area contributed by atoms with Crippen LogP contribution in [0.1, 0.15) is 16.8 Å². The summed E-state index contributed by atoms with van der Waals surface area (Å²) in [6.07, 6.45) is 2.43. The van der Waals surface area contributed by atoms with Gasteiger partial charge in [0.2, 0.25) is 0 Å². The Balaban J connectivity index is 1.98. The Morgan fingerprint density at radius 3 is 3.24 bits per heavy atom. The number of amides is 1. The number of rotatable bonds is 5. The van der Waals surface area contributed by atoms with Gasteiger partial charge in [-0.3, -0.25) is 4.79 Å². The lowest BCUT2D eigenvalue weighted by Gasteiger charge is -2.04. The average Bonchev–Trinajstić information content (AvgIpc) is 2.81. The maximum absolute atomic E-state index is 11.8. The van der Waals surface area contributed by atoms with Gasteiger partial charge in [0, 0.05) is 25.8 Å². The Labute approximate surface area is 99.2 Å². The van der Waals surface area contributed by atoms with Crippen LogP contribution in [-0.4, -0.2) is 36.1 Å². The van der Waals surface area contributed by atoms with Crippen molar-refractivity contribution in [2.75, 3.05) is 20.3 Å². The zero-order chi connectivity index (χ0) is 12.1. The molecule has 2 aromatic rings. The monoisotopic (exact) mass is 233 g/mol. The van der Waals surface area contributed by atoms with Crippen LogP contribution < -0.4 is 5.32 Å². The van der Waals surface area contributed by atoms with E-state index < -0.39 is 0 Å². The number of carbonyl (C=O) groups excluding carboxylic acids is 1. The molecule has 0 unspecified atom stereocenters. The first-order valence-electron chi connectivity index (χ1n) is 5.51. The van der Waals surface area contributed by atoms with E-state index in [2.05, 4.69) is 15.3 Å². The van der Waals surface area contributed by atoms with Crippen molar-refractivity contribution in [3.63, 3.8) is 0 Å². The molecule has 0 spiro atoms. The van der Waals surface area contributed by atoms with Crippen molar-refractivity contribution in [1.82, 2.24) is 15.3 Å². The predicted octanol–water partition coefficient (Wildman–Crippen LogP) is 1.33. The number of imidazole rings is 1. The minimum atomic E-state index is -0.0717. The van der Waals surface area contributed by atoms with E-state index in [4.69, 9.17) is 4.74 Å². The molecule has 0 fully saturated rings. The smallest absolute Gasteiger partial charge is 0.251 e. The first-order chi connectivity index (χ1) is 8.31. The fraction of sp³-hybridized carbons (Fsp3) is 0.333. The van der Waals surface area contributed by atoms with Gasteiger partial charge in [-0.25, -0.2) is 4.98 Å². The van der Waals surface area contributed by atoms with Gasteiger partial charge in [-0.1, -0.05) is 0 Å². The standard InChI is InChI=1S/C12H15N3O2/c1-17-6-2-5-13-12(16)9-3-4-10-11(7-9)15-8-14-10/h3-4,7-8H,2,5-6H2,1H3,(H,13,16)(H,14,15). The number of H-pyrrole nitrogens is 1. The second-order valence-corrected chi connectivity index (χ2v) is 3.74. The highest BCUT2D eigenvalue weighted by Crippen LogP contribution is 2.11. The molecule has 1 amide bonds. The number of nitrogens with one attached hydrogen (secondary N) is 2. The molecule has 0 aliphatic rings. The molecule has 0 saturated carbocycles. The van der Waals surface area contributed by atoms with E-state index in [1.165, 1.54) is 0 Å². The van der Waals surface area contributed by atoms with Gasteiger partial charge < -0.3 is 15.0 Å². The lowest BCUT2D eigenvalue weighted by molar-refractivity contribution is 0.0948. The summed E-state index contributed by atoms with van der Waals surface area (Å²) in [6.45, 7) is 1.27. The summed E-state index contributed by atoms with van der Waals surface area (Å²) in [5, 5.41) is 2.84. The van der Waals surface area contributed by atoms with E-state index in [9.17, 15) is 4.79 Å². The average molecular weight is 233 g/mol. The Bertz CT molecular complexity index is 507. The van der Waals surface area contributed by atoms with Gasteiger partial charge >= 0.3 is 0 Å². The number of aromatic nitrogens is 2. The first-order valence-corrected chi connectivity index (χ1v) is 5.51. The summed E-state index contributed by atoms with van der Waals surface area (Å²) in [4.78, 5) is 18.9. The van der Waals surface area contributed by atoms with E-state index in [1.807, 2.05) is 6.07 Å². The van der Waals surface area contributed by atoms with Crippen molar-refractivity contribution >= 4 is 16.9 Å². The summed E-state index contributed by atoms with van der Waals surface area (Å²) < 4.78 is 4.91. The number of fused-ring (bicyclic) bond motifs is 1. The SMILES string of the molecule is COCCCNC(=O)c1ccc2nc[nH]c2c1. The number of carbonyl (C=O) groups is 1. The lowest BCUT2D eigenvalue weighted by atomic mass is 10.2. The van der Waals surface area contributed by atoms with Gasteiger partial charge in [0.05, 0.1) is 17.4 Å². The molecule has 5 heteroatoms. The van der Waals surface area contributed by atoms with Gasteiger partial charge in [-0.15, -0.1) is 0 Å². The van der Waals surface area contributed by atoms with Crippen molar-refractivity contribution in [1.29, 1.82) is 0 Å². The topological polar surface area (TPSA) is 67.0 Å². The molecule has 0 saturated heterocycles. The number of hydrogen-bond donors (Lipinski definition) is 2. The Morgan fingerprint density at radius 2 is 2.41 bits per heavy atom. The highest BCUT2D eigenvalue weighted by molar-refractivity contribution is 5.97. The third-order valence-corrected chi connectivity index (χ3v) is 2.49. The van der Waals surface area contributed by atoms with E-state index in [1.54, 1.807) is 25.6 Å². The normalized spacial score (nSPS) is 10.6. The minimum Gasteiger partial charge on any atom is -0.385 e. The summed E-state index contributed by atoms with van der Waals surface area (Å²) in [7, 11) is 1.65. The number of benzene rings is 1. The van der Waals surface area contributed by atoms with E-state index in [0.29, 0.717) is 18.7 Å². The van der Waals surface area contributed by atoms with Crippen molar-refractivity contribution < 1.29 is 9.53 Å². The molecule has 90 valence electrons. The summed E-state index contributed by atoms with van der Waals surface area (Å²) in [5.74, 6) is -0.0717. The molecule has 1 aromatic carbocycles. The number of nitrogens with zero attached hydrogens (tertiary/aromatic N) is 1. The molecule has 2 rings (SSSR count). The predicted molar refractivity (Wildman–Crippen MR) is 64.9 cm³/mol. The fourth-order valence-corrected chi connectivity index (χ4v) is 1.60. The molecule has 1 aromatic heterocycles. The van der Waals surface area contributed by atoms with Crippen LogP contribution >= 0.6 is 0 Å². The van der Waals surface area contributed by atoms with Crippen molar-refractivity contribution in [2.45, 2.75) is 6.42 Å². The Hall–Kier alpha value is -1.88. The molecule has 2 N–H and O–H groups in total. The zero-order valence-electron chi connectivity index (χ0n) is 9.69. The highest BCUT2D eigenvalue weighted by atomic mass is 16.5. The molecule has 5 nitrogen and oxygen atoms in total. The summed E-state index contributed by atoms with van der Waals surface area (Å²) >= 11 is 0. The molecule has 0 bridgehead atoms. The van der Waals surface area contributed by atoms with Gasteiger partial charge in [-0.05, 0) is 24.6 Å². The maximum Gasteiger partial charge on any atom is 0.251 e. The molecule has 0 aliphatic carbocycles. The van der Waals surface area contributed by atoms with E-state index in [-0.39, 0.29) is 5.91 Å². The van der Waals surface area contributed by atoms with Crippen LogP contribution in [-0.2, 0) is 4.74 Å². The number of methoxy groups -OCH3 is 1. The second-order valence-electron chi connectivity index (χ2n) is 3.74. The van der Waals surface area contributed by atoms with Gasteiger partial charge in [-0.2, -0.15) is 0 Å². The summed E-state index contributed by atoms with van der Waals surface area (Å²) in [6, 6.07) is 5.40. The van der Waals surface area contributed by atoms with Crippen LogP contribution in [0.2, 0.25) is 0 Å². The lowest BCUT2D eigenvalue weighted by Crippen LogP contribution is -2.25. The molecular formula is C12H15N3O2. The van der Waals surface area contributed by atoms with Crippen molar-refractivity contribution in [3.05, 3.63) is 30.1 Å². The van der Waals surface area contributed by atoms with Gasteiger partial charge in [0.1, 0.15) is 0 Å². The number of hydrogen-bond acceptors (Lipinski definition) is 3. The molecule has 0 atom stereocenters. The van der Waals surface area contributed by atoms with Crippen LogP contribution in [0.4, 0.5) is 0 Å². The largest absolute Gasteiger partial charge is 0.385 e. The molecular weight excluding hydrogens is 218 g/mol. The van der Waals surface area contributed by atoms with Gasteiger partial charge in [0.15, 0.2) is 0 Å². The molecule has 17 heavy (non-hydrogen) atoms. The Morgan fingerprint density at radius 1 is 1.53 bits per heavy atom.